The molecule has 0 saturated heterocycles. The van der Waals surface area contributed by atoms with Crippen molar-refractivity contribution < 1.29 is 4.74 Å². The lowest BCUT2D eigenvalue weighted by atomic mass is 10.2. The van der Waals surface area contributed by atoms with E-state index in [1.165, 1.54) is 17.7 Å². The summed E-state index contributed by atoms with van der Waals surface area (Å²) in [5.74, 6) is 2.23. The maximum Gasteiger partial charge on any atom is 0.119 e. The van der Waals surface area contributed by atoms with Crippen LogP contribution in [-0.4, -0.2) is 18.6 Å². The fraction of sp³-hybridized carbons (Fsp3) is 0.538. The predicted molar refractivity (Wildman–Crippen MR) is 68.9 cm³/mol. The number of ether oxygens (including phenoxy) is 1. The lowest BCUT2D eigenvalue weighted by Gasteiger charge is -2.06. The zero-order valence-electron chi connectivity index (χ0n) is 9.66. The Kier molecular flexibility index (Phi) is 6.33. The van der Waals surface area contributed by atoms with Crippen molar-refractivity contribution in [2.45, 2.75) is 26.2 Å². The van der Waals surface area contributed by atoms with Gasteiger partial charge in [-0.05, 0) is 49.0 Å². The largest absolute Gasteiger partial charge is 0.494 e. The topological polar surface area (TPSA) is 9.23 Å². The van der Waals surface area contributed by atoms with E-state index in [0.717, 1.165) is 25.2 Å². The van der Waals surface area contributed by atoms with Crippen molar-refractivity contribution in [2.24, 2.45) is 0 Å². The number of benzene rings is 1. The minimum atomic E-state index is 0.839. The number of rotatable bonds is 7. The van der Waals surface area contributed by atoms with Gasteiger partial charge >= 0.3 is 0 Å². The summed E-state index contributed by atoms with van der Waals surface area (Å²) in [6.07, 6.45) is 5.63. The normalized spacial score (nSPS) is 10.3. The van der Waals surface area contributed by atoms with Crippen molar-refractivity contribution >= 4 is 11.8 Å². The smallest absolute Gasteiger partial charge is 0.119 e. The molecule has 1 rings (SSSR count). The van der Waals surface area contributed by atoms with Gasteiger partial charge in [0.25, 0.3) is 0 Å². The number of hydrogen-bond donors (Lipinski definition) is 0. The Labute approximate surface area is 97.2 Å². The minimum absolute atomic E-state index is 0.839. The van der Waals surface area contributed by atoms with E-state index in [-0.39, 0.29) is 0 Å². The summed E-state index contributed by atoms with van der Waals surface area (Å²) < 4.78 is 5.64. The van der Waals surface area contributed by atoms with Crippen molar-refractivity contribution in [1.82, 2.24) is 0 Å². The summed E-state index contributed by atoms with van der Waals surface area (Å²) in [6.45, 7) is 3.00. The highest BCUT2D eigenvalue weighted by molar-refractivity contribution is 7.98. The van der Waals surface area contributed by atoms with E-state index in [0.29, 0.717) is 0 Å². The van der Waals surface area contributed by atoms with E-state index in [1.807, 2.05) is 11.8 Å². The van der Waals surface area contributed by atoms with Gasteiger partial charge in [0.1, 0.15) is 5.75 Å². The van der Waals surface area contributed by atoms with Gasteiger partial charge in [0, 0.05) is 0 Å². The lowest BCUT2D eigenvalue weighted by Crippen LogP contribution is -1.97. The molecule has 84 valence electrons. The van der Waals surface area contributed by atoms with Gasteiger partial charge in [-0.2, -0.15) is 11.8 Å². The first kappa shape index (κ1) is 12.4. The van der Waals surface area contributed by atoms with Crippen LogP contribution in [0.1, 0.15) is 25.3 Å². The lowest BCUT2D eigenvalue weighted by molar-refractivity contribution is 0.310. The van der Waals surface area contributed by atoms with Gasteiger partial charge in [0.15, 0.2) is 0 Å². The number of thioether (sulfide) groups is 1. The van der Waals surface area contributed by atoms with Crippen LogP contribution in [0.15, 0.2) is 24.3 Å². The fourth-order valence-corrected chi connectivity index (χ4v) is 1.85. The first-order chi connectivity index (χ1) is 7.36. The molecule has 0 aliphatic heterocycles. The molecule has 0 atom stereocenters. The molecule has 0 unspecified atom stereocenters. The molecule has 0 heterocycles. The van der Waals surface area contributed by atoms with Gasteiger partial charge in [-0.15, -0.1) is 0 Å². The van der Waals surface area contributed by atoms with Gasteiger partial charge in [-0.1, -0.05) is 19.1 Å². The van der Waals surface area contributed by atoms with E-state index in [2.05, 4.69) is 37.4 Å². The van der Waals surface area contributed by atoms with Crippen LogP contribution < -0.4 is 4.74 Å². The van der Waals surface area contributed by atoms with Crippen molar-refractivity contribution in [3.63, 3.8) is 0 Å². The van der Waals surface area contributed by atoms with Gasteiger partial charge in [-0.25, -0.2) is 0 Å². The van der Waals surface area contributed by atoms with E-state index in [1.54, 1.807) is 0 Å². The van der Waals surface area contributed by atoms with Crippen LogP contribution in [0.2, 0.25) is 0 Å². The van der Waals surface area contributed by atoms with E-state index in [9.17, 15) is 0 Å². The Hall–Kier alpha value is -0.630. The average molecular weight is 224 g/mol. The van der Waals surface area contributed by atoms with E-state index < -0.39 is 0 Å². The summed E-state index contributed by atoms with van der Waals surface area (Å²) >= 11 is 1.90. The Balaban J connectivity index is 2.20. The van der Waals surface area contributed by atoms with Crippen molar-refractivity contribution in [2.75, 3.05) is 18.6 Å². The number of hydrogen-bond acceptors (Lipinski definition) is 2. The summed E-state index contributed by atoms with van der Waals surface area (Å²) in [7, 11) is 0. The third kappa shape index (κ3) is 5.12. The van der Waals surface area contributed by atoms with Crippen LogP contribution >= 0.6 is 11.8 Å². The Bertz CT molecular complexity index is 256. The van der Waals surface area contributed by atoms with Crippen LogP contribution in [0.25, 0.3) is 0 Å². The monoisotopic (exact) mass is 224 g/mol. The summed E-state index contributed by atoms with van der Waals surface area (Å²) in [4.78, 5) is 0. The van der Waals surface area contributed by atoms with Gasteiger partial charge < -0.3 is 4.74 Å². The highest BCUT2D eigenvalue weighted by Crippen LogP contribution is 2.13. The van der Waals surface area contributed by atoms with Crippen molar-refractivity contribution in [1.29, 1.82) is 0 Å². The highest BCUT2D eigenvalue weighted by atomic mass is 32.2. The maximum absolute atomic E-state index is 5.64. The molecule has 0 spiro atoms. The second-order valence-corrected chi connectivity index (χ2v) is 4.53. The summed E-state index contributed by atoms with van der Waals surface area (Å²) in [5.41, 5.74) is 1.37. The van der Waals surface area contributed by atoms with Crippen LogP contribution in [0, 0.1) is 0 Å². The second kappa shape index (κ2) is 7.63. The zero-order valence-corrected chi connectivity index (χ0v) is 10.5. The number of aryl methyl sites for hydroxylation is 1. The molecule has 0 bridgehead atoms. The van der Waals surface area contributed by atoms with E-state index >= 15 is 0 Å². The molecule has 0 N–H and O–H groups in total. The molecule has 0 fully saturated rings. The molecule has 1 nitrogen and oxygen atoms in total. The van der Waals surface area contributed by atoms with Crippen LogP contribution in [0.5, 0.6) is 5.75 Å². The molecule has 0 aliphatic carbocycles. The Morgan fingerprint density at radius 3 is 2.47 bits per heavy atom. The minimum Gasteiger partial charge on any atom is -0.494 e. The second-order valence-electron chi connectivity index (χ2n) is 3.55. The van der Waals surface area contributed by atoms with Gasteiger partial charge in [0.2, 0.25) is 0 Å². The summed E-state index contributed by atoms with van der Waals surface area (Å²) in [6, 6.07) is 8.40. The quantitative estimate of drug-likeness (QED) is 0.652. The van der Waals surface area contributed by atoms with Crippen LogP contribution in [-0.2, 0) is 6.42 Å². The molecular weight excluding hydrogens is 204 g/mol. The standard InChI is InChI=1S/C13H20OS/c1-3-12-6-8-13(9-7-12)14-10-4-5-11-15-2/h6-9H,3-5,10-11H2,1-2H3. The molecule has 0 radical (unpaired) electrons. The van der Waals surface area contributed by atoms with Gasteiger partial charge in [-0.3, -0.25) is 0 Å². The molecule has 1 aromatic carbocycles. The molecule has 0 aromatic heterocycles. The summed E-state index contributed by atoms with van der Waals surface area (Å²) in [5, 5.41) is 0. The zero-order chi connectivity index (χ0) is 10.9. The Morgan fingerprint density at radius 1 is 1.13 bits per heavy atom. The van der Waals surface area contributed by atoms with E-state index in [4.69, 9.17) is 4.74 Å². The van der Waals surface area contributed by atoms with Crippen LogP contribution in [0.3, 0.4) is 0 Å². The molecule has 0 saturated carbocycles. The Morgan fingerprint density at radius 2 is 1.87 bits per heavy atom. The number of unbranched alkanes of at least 4 members (excludes halogenated alkanes) is 1. The third-order valence-corrected chi connectivity index (χ3v) is 3.04. The van der Waals surface area contributed by atoms with Crippen LogP contribution in [0.4, 0.5) is 0 Å². The average Bonchev–Trinajstić information content (AvgIpc) is 2.30. The van der Waals surface area contributed by atoms with Gasteiger partial charge in [0.05, 0.1) is 6.61 Å². The molecular formula is C13H20OS. The third-order valence-electron chi connectivity index (χ3n) is 2.34. The van der Waals surface area contributed by atoms with Crippen molar-refractivity contribution in [3.8, 4) is 5.75 Å². The molecule has 0 amide bonds. The highest BCUT2D eigenvalue weighted by Gasteiger charge is 1.94. The SMILES string of the molecule is CCc1ccc(OCCCCSC)cc1. The first-order valence-corrected chi connectivity index (χ1v) is 6.97. The maximum atomic E-state index is 5.64. The molecule has 0 aliphatic rings. The molecule has 15 heavy (non-hydrogen) atoms. The fourth-order valence-electron chi connectivity index (χ4n) is 1.36. The molecule has 2 heteroatoms. The molecule has 1 aromatic rings. The first-order valence-electron chi connectivity index (χ1n) is 5.57. The predicted octanol–water partition coefficient (Wildman–Crippen LogP) is 3.77. The van der Waals surface area contributed by atoms with Crippen molar-refractivity contribution in [3.05, 3.63) is 29.8 Å².